The lowest BCUT2D eigenvalue weighted by atomic mass is 10.2. The largest absolute Gasteiger partial charge is 0.360 e. The summed E-state index contributed by atoms with van der Waals surface area (Å²) < 4.78 is 18.3. The molecule has 0 bridgehead atoms. The van der Waals surface area contributed by atoms with Crippen LogP contribution in [-0.4, -0.2) is 35.4 Å². The molecule has 0 spiro atoms. The van der Waals surface area contributed by atoms with Crippen molar-refractivity contribution in [2.75, 3.05) is 13.1 Å². The number of aryl methyl sites for hydroxylation is 1. The van der Waals surface area contributed by atoms with Crippen molar-refractivity contribution in [3.63, 3.8) is 0 Å². The minimum Gasteiger partial charge on any atom is -0.360 e. The highest BCUT2D eigenvalue weighted by Crippen LogP contribution is 2.22. The molecule has 5 heteroatoms. The van der Waals surface area contributed by atoms with Gasteiger partial charge in [-0.1, -0.05) is 5.16 Å². The van der Waals surface area contributed by atoms with Gasteiger partial charge in [0.25, 0.3) is 0 Å². The summed E-state index contributed by atoms with van der Waals surface area (Å²) in [5.74, 6) is 0.778. The van der Waals surface area contributed by atoms with Crippen LogP contribution in [0.4, 0.5) is 4.39 Å². The maximum Gasteiger partial charge on any atom is 0.150 e. The van der Waals surface area contributed by atoms with E-state index in [4.69, 9.17) is 10.3 Å². The van der Waals surface area contributed by atoms with Gasteiger partial charge < -0.3 is 10.3 Å². The van der Waals surface area contributed by atoms with E-state index in [9.17, 15) is 4.39 Å². The molecule has 0 aromatic carbocycles. The summed E-state index contributed by atoms with van der Waals surface area (Å²) in [4.78, 5) is 2.02. The zero-order chi connectivity index (χ0) is 10.8. The first kappa shape index (κ1) is 10.6. The fraction of sp³-hybridized carbons (Fsp3) is 0.700. The normalized spacial score (nSPS) is 27.4. The first-order valence-corrected chi connectivity index (χ1v) is 5.19. The van der Waals surface area contributed by atoms with Gasteiger partial charge in [0.1, 0.15) is 6.17 Å². The van der Waals surface area contributed by atoms with Gasteiger partial charge in [-0.2, -0.15) is 0 Å². The lowest BCUT2D eigenvalue weighted by Crippen LogP contribution is -2.34. The second kappa shape index (κ2) is 4.28. The first-order valence-electron chi connectivity index (χ1n) is 5.19. The zero-order valence-corrected chi connectivity index (χ0v) is 8.82. The molecule has 2 atom stereocenters. The van der Waals surface area contributed by atoms with Gasteiger partial charge in [0.15, 0.2) is 5.76 Å². The molecule has 2 rings (SSSR count). The van der Waals surface area contributed by atoms with Gasteiger partial charge in [-0.25, -0.2) is 4.39 Å². The standard InChI is InChI=1S/C10H16FN3O/c1-7-2-10(15-13-7)6-14-5-8(11)3-9(14)4-12/h2,8-9H,3-6,12H2,1H3/t8-,9+/m0/s1. The SMILES string of the molecule is Cc1cc(CN2C[C@@H](F)C[C@@H]2CN)on1. The maximum absolute atomic E-state index is 13.2. The highest BCUT2D eigenvalue weighted by molar-refractivity contribution is 5.04. The van der Waals surface area contributed by atoms with E-state index < -0.39 is 6.17 Å². The van der Waals surface area contributed by atoms with E-state index in [-0.39, 0.29) is 6.04 Å². The van der Waals surface area contributed by atoms with Gasteiger partial charge >= 0.3 is 0 Å². The van der Waals surface area contributed by atoms with Crippen molar-refractivity contribution >= 4 is 0 Å². The summed E-state index contributed by atoms with van der Waals surface area (Å²) in [5.41, 5.74) is 6.44. The van der Waals surface area contributed by atoms with Crippen LogP contribution in [-0.2, 0) is 6.54 Å². The number of alkyl halides is 1. The molecular weight excluding hydrogens is 197 g/mol. The van der Waals surface area contributed by atoms with Crippen LogP contribution in [0.5, 0.6) is 0 Å². The topological polar surface area (TPSA) is 55.3 Å². The van der Waals surface area contributed by atoms with Gasteiger partial charge in [-0.05, 0) is 13.3 Å². The third-order valence-corrected chi connectivity index (χ3v) is 2.78. The summed E-state index contributed by atoms with van der Waals surface area (Å²) in [7, 11) is 0. The number of hydrogen-bond donors (Lipinski definition) is 1. The molecule has 1 saturated heterocycles. The molecule has 0 amide bonds. The second-order valence-electron chi connectivity index (χ2n) is 4.09. The molecule has 0 saturated carbocycles. The predicted molar refractivity (Wildman–Crippen MR) is 54.0 cm³/mol. The fourth-order valence-electron chi connectivity index (χ4n) is 2.05. The van der Waals surface area contributed by atoms with Gasteiger partial charge in [0.2, 0.25) is 0 Å². The Morgan fingerprint density at radius 3 is 3.13 bits per heavy atom. The van der Waals surface area contributed by atoms with E-state index in [2.05, 4.69) is 5.16 Å². The van der Waals surface area contributed by atoms with Crippen LogP contribution in [0.2, 0.25) is 0 Å². The molecule has 1 aromatic heterocycles. The Morgan fingerprint density at radius 1 is 1.73 bits per heavy atom. The average Bonchev–Trinajstić information content (AvgIpc) is 2.73. The quantitative estimate of drug-likeness (QED) is 0.809. The number of rotatable bonds is 3. The lowest BCUT2D eigenvalue weighted by molar-refractivity contribution is 0.210. The van der Waals surface area contributed by atoms with Gasteiger partial charge in [-0.15, -0.1) is 0 Å². The summed E-state index contributed by atoms with van der Waals surface area (Å²) in [6.07, 6.45) is -0.230. The molecule has 0 radical (unpaired) electrons. The van der Waals surface area contributed by atoms with Crippen LogP contribution in [0.25, 0.3) is 0 Å². The zero-order valence-electron chi connectivity index (χ0n) is 8.82. The summed E-state index contributed by atoms with van der Waals surface area (Å²) in [6.45, 7) is 3.41. The highest BCUT2D eigenvalue weighted by atomic mass is 19.1. The summed E-state index contributed by atoms with van der Waals surface area (Å²) >= 11 is 0. The van der Waals surface area contributed by atoms with Crippen LogP contribution in [0.3, 0.4) is 0 Å². The lowest BCUT2D eigenvalue weighted by Gasteiger charge is -2.20. The average molecular weight is 213 g/mol. The Morgan fingerprint density at radius 2 is 2.53 bits per heavy atom. The molecule has 0 aliphatic carbocycles. The highest BCUT2D eigenvalue weighted by Gasteiger charge is 2.31. The van der Waals surface area contributed by atoms with Crippen molar-refractivity contribution in [3.8, 4) is 0 Å². The van der Waals surface area contributed by atoms with E-state index in [1.54, 1.807) is 0 Å². The van der Waals surface area contributed by atoms with Crippen LogP contribution < -0.4 is 5.73 Å². The van der Waals surface area contributed by atoms with E-state index in [1.165, 1.54) is 0 Å². The fourth-order valence-corrected chi connectivity index (χ4v) is 2.05. The monoisotopic (exact) mass is 213 g/mol. The number of halogens is 1. The van der Waals surface area contributed by atoms with Crippen molar-refractivity contribution in [1.82, 2.24) is 10.1 Å². The third kappa shape index (κ3) is 2.35. The first-order chi connectivity index (χ1) is 7.19. The Bertz CT molecular complexity index is 328. The number of nitrogens with two attached hydrogens (primary N) is 1. The predicted octanol–water partition coefficient (Wildman–Crippen LogP) is 0.854. The van der Waals surface area contributed by atoms with E-state index in [0.29, 0.717) is 26.1 Å². The van der Waals surface area contributed by atoms with E-state index >= 15 is 0 Å². The number of aromatic nitrogens is 1. The molecule has 2 heterocycles. The molecule has 0 unspecified atom stereocenters. The van der Waals surface area contributed by atoms with Crippen molar-refractivity contribution in [1.29, 1.82) is 0 Å². The number of likely N-dealkylation sites (tertiary alicyclic amines) is 1. The van der Waals surface area contributed by atoms with Crippen LogP contribution in [0.15, 0.2) is 10.6 Å². The molecule has 15 heavy (non-hydrogen) atoms. The van der Waals surface area contributed by atoms with Gasteiger partial charge in [0.05, 0.1) is 12.2 Å². The van der Waals surface area contributed by atoms with E-state index in [0.717, 1.165) is 11.5 Å². The minimum atomic E-state index is -0.762. The Hall–Kier alpha value is -0.940. The smallest absolute Gasteiger partial charge is 0.150 e. The second-order valence-corrected chi connectivity index (χ2v) is 4.09. The maximum atomic E-state index is 13.2. The molecule has 1 aliphatic heterocycles. The molecule has 1 aliphatic rings. The Balaban J connectivity index is 1.99. The van der Waals surface area contributed by atoms with Crippen molar-refractivity contribution < 1.29 is 8.91 Å². The van der Waals surface area contributed by atoms with Crippen LogP contribution >= 0.6 is 0 Å². The Labute approximate surface area is 88.2 Å². The minimum absolute atomic E-state index is 0.130. The molecule has 1 aromatic rings. The van der Waals surface area contributed by atoms with Gasteiger partial charge in [-0.3, -0.25) is 4.90 Å². The van der Waals surface area contributed by atoms with Crippen LogP contribution in [0.1, 0.15) is 17.9 Å². The third-order valence-electron chi connectivity index (χ3n) is 2.78. The molecule has 84 valence electrons. The number of hydrogen-bond acceptors (Lipinski definition) is 4. The van der Waals surface area contributed by atoms with Crippen molar-refractivity contribution in [2.45, 2.75) is 32.1 Å². The summed E-state index contributed by atoms with van der Waals surface area (Å²) in [5, 5.41) is 3.80. The van der Waals surface area contributed by atoms with Crippen molar-refractivity contribution in [2.24, 2.45) is 5.73 Å². The number of nitrogens with zero attached hydrogens (tertiary/aromatic N) is 2. The molecule has 2 N–H and O–H groups in total. The van der Waals surface area contributed by atoms with Gasteiger partial charge in [0, 0.05) is 25.2 Å². The summed E-state index contributed by atoms with van der Waals surface area (Å²) in [6, 6.07) is 2.00. The van der Waals surface area contributed by atoms with E-state index in [1.807, 2.05) is 17.9 Å². The Kier molecular flexibility index (Phi) is 3.02. The van der Waals surface area contributed by atoms with Crippen molar-refractivity contribution in [3.05, 3.63) is 17.5 Å². The van der Waals surface area contributed by atoms with Crippen LogP contribution in [0, 0.1) is 6.92 Å². The molecule has 1 fully saturated rings. The molecule has 4 nitrogen and oxygen atoms in total. The molecular formula is C10H16FN3O.